The fraction of sp³-hybridized carbons (Fsp3) is 0.571. The molecular weight excluding hydrogens is 114 g/mol. The van der Waals surface area contributed by atoms with Gasteiger partial charge in [0.2, 0.25) is 5.91 Å². The first-order valence-electron chi connectivity index (χ1n) is 2.89. The summed E-state index contributed by atoms with van der Waals surface area (Å²) in [4.78, 5) is 10.7. The van der Waals surface area contributed by atoms with Crippen LogP contribution < -0.4 is 5.32 Å². The molecule has 0 spiro atoms. The number of carbonyl (C=O) groups is 1. The number of terminal acetylenes is 1. The van der Waals surface area contributed by atoms with E-state index in [1.165, 1.54) is 0 Å². The lowest BCUT2D eigenvalue weighted by atomic mass is 10.2. The summed E-state index contributed by atoms with van der Waals surface area (Å²) in [7, 11) is 0. The second kappa shape index (κ2) is 3.96. The van der Waals surface area contributed by atoms with Crippen LogP contribution in [0.3, 0.4) is 0 Å². The quantitative estimate of drug-likeness (QED) is 0.531. The van der Waals surface area contributed by atoms with Gasteiger partial charge in [0.25, 0.3) is 0 Å². The molecule has 0 radical (unpaired) electrons. The monoisotopic (exact) mass is 125 g/mol. The Morgan fingerprint density at radius 1 is 1.78 bits per heavy atom. The molecule has 2 heteroatoms. The van der Waals surface area contributed by atoms with Crippen molar-refractivity contribution >= 4 is 5.91 Å². The van der Waals surface area contributed by atoms with Gasteiger partial charge in [-0.1, -0.05) is 19.8 Å². The SMILES string of the molecule is C#CCNC(=O)C(C)C. The Kier molecular flexibility index (Phi) is 3.54. The van der Waals surface area contributed by atoms with Crippen LogP contribution in [0, 0.1) is 18.3 Å². The van der Waals surface area contributed by atoms with E-state index in [-0.39, 0.29) is 11.8 Å². The number of rotatable bonds is 2. The van der Waals surface area contributed by atoms with E-state index in [9.17, 15) is 4.79 Å². The van der Waals surface area contributed by atoms with E-state index in [0.717, 1.165) is 0 Å². The molecule has 0 aromatic carbocycles. The maximum absolute atomic E-state index is 10.7. The highest BCUT2D eigenvalue weighted by Crippen LogP contribution is 1.88. The maximum Gasteiger partial charge on any atom is 0.223 e. The van der Waals surface area contributed by atoms with E-state index in [1.807, 2.05) is 13.8 Å². The topological polar surface area (TPSA) is 29.1 Å². The zero-order valence-electron chi connectivity index (χ0n) is 5.77. The van der Waals surface area contributed by atoms with Crippen LogP contribution in [0.4, 0.5) is 0 Å². The summed E-state index contributed by atoms with van der Waals surface area (Å²) in [5.74, 6) is 2.36. The molecule has 0 aromatic rings. The first kappa shape index (κ1) is 8.03. The Bertz CT molecular complexity index is 132. The van der Waals surface area contributed by atoms with Crippen molar-refractivity contribution in [3.05, 3.63) is 0 Å². The molecule has 0 aliphatic heterocycles. The molecule has 0 unspecified atom stereocenters. The molecule has 9 heavy (non-hydrogen) atoms. The van der Waals surface area contributed by atoms with Crippen molar-refractivity contribution in [3.63, 3.8) is 0 Å². The smallest absolute Gasteiger partial charge is 0.223 e. The molecule has 0 aromatic heterocycles. The molecular formula is C7H11NO. The van der Waals surface area contributed by atoms with Crippen molar-refractivity contribution in [1.82, 2.24) is 5.32 Å². The Morgan fingerprint density at radius 2 is 2.33 bits per heavy atom. The highest BCUT2D eigenvalue weighted by atomic mass is 16.1. The fourth-order valence-corrected chi connectivity index (χ4v) is 0.342. The van der Waals surface area contributed by atoms with E-state index in [4.69, 9.17) is 6.42 Å². The predicted molar refractivity (Wildman–Crippen MR) is 36.7 cm³/mol. The number of hydrogen-bond donors (Lipinski definition) is 1. The van der Waals surface area contributed by atoms with E-state index < -0.39 is 0 Å². The molecule has 0 heterocycles. The molecule has 0 aliphatic rings. The second-order valence-electron chi connectivity index (χ2n) is 2.08. The lowest BCUT2D eigenvalue weighted by Crippen LogP contribution is -2.27. The number of nitrogens with one attached hydrogen (secondary N) is 1. The molecule has 1 N–H and O–H groups in total. The van der Waals surface area contributed by atoms with Crippen molar-refractivity contribution in [2.24, 2.45) is 5.92 Å². The first-order chi connectivity index (χ1) is 4.18. The van der Waals surface area contributed by atoms with Crippen LogP contribution in [0.15, 0.2) is 0 Å². The summed E-state index contributed by atoms with van der Waals surface area (Å²) in [6.45, 7) is 3.98. The van der Waals surface area contributed by atoms with Gasteiger partial charge >= 0.3 is 0 Å². The minimum Gasteiger partial charge on any atom is -0.345 e. The van der Waals surface area contributed by atoms with Crippen LogP contribution >= 0.6 is 0 Å². The molecule has 0 saturated carbocycles. The second-order valence-corrected chi connectivity index (χ2v) is 2.08. The largest absolute Gasteiger partial charge is 0.345 e. The Balaban J connectivity index is 3.42. The van der Waals surface area contributed by atoms with Crippen LogP contribution in [0.1, 0.15) is 13.8 Å². The summed E-state index contributed by atoms with van der Waals surface area (Å²) in [6, 6.07) is 0. The lowest BCUT2D eigenvalue weighted by Gasteiger charge is -2.02. The summed E-state index contributed by atoms with van der Waals surface area (Å²) in [5.41, 5.74) is 0. The van der Waals surface area contributed by atoms with Gasteiger partial charge in [-0.15, -0.1) is 6.42 Å². The molecule has 0 rings (SSSR count). The Morgan fingerprint density at radius 3 is 2.67 bits per heavy atom. The molecule has 0 aliphatic carbocycles. The summed E-state index contributed by atoms with van der Waals surface area (Å²) in [5, 5.41) is 2.56. The standard InChI is InChI=1S/C7H11NO/c1-4-5-8-7(9)6(2)3/h1,6H,5H2,2-3H3,(H,8,9). The number of hydrogen-bond acceptors (Lipinski definition) is 1. The van der Waals surface area contributed by atoms with E-state index >= 15 is 0 Å². The maximum atomic E-state index is 10.7. The average molecular weight is 125 g/mol. The Hall–Kier alpha value is -0.970. The van der Waals surface area contributed by atoms with Crippen molar-refractivity contribution in [3.8, 4) is 12.3 Å². The van der Waals surface area contributed by atoms with Gasteiger partial charge in [-0.3, -0.25) is 4.79 Å². The molecule has 0 atom stereocenters. The molecule has 50 valence electrons. The molecule has 0 fully saturated rings. The normalized spacial score (nSPS) is 8.67. The highest BCUT2D eigenvalue weighted by Gasteiger charge is 2.02. The zero-order valence-corrected chi connectivity index (χ0v) is 5.77. The van der Waals surface area contributed by atoms with Crippen LogP contribution in [0.25, 0.3) is 0 Å². The lowest BCUT2D eigenvalue weighted by molar-refractivity contribution is -0.123. The van der Waals surface area contributed by atoms with Gasteiger partial charge in [-0.05, 0) is 0 Å². The highest BCUT2D eigenvalue weighted by molar-refractivity contribution is 5.78. The third-order valence-corrected chi connectivity index (χ3v) is 0.889. The van der Waals surface area contributed by atoms with Gasteiger partial charge in [0.05, 0.1) is 6.54 Å². The minimum absolute atomic E-state index is 0.00736. The van der Waals surface area contributed by atoms with Crippen LogP contribution in [0.2, 0.25) is 0 Å². The number of carbonyl (C=O) groups excluding carboxylic acids is 1. The van der Waals surface area contributed by atoms with Crippen LogP contribution in [0.5, 0.6) is 0 Å². The van der Waals surface area contributed by atoms with Crippen molar-refractivity contribution in [2.75, 3.05) is 6.54 Å². The van der Waals surface area contributed by atoms with Gasteiger partial charge in [0.1, 0.15) is 0 Å². The average Bonchev–Trinajstić information content (AvgIpc) is 1.82. The van der Waals surface area contributed by atoms with Gasteiger partial charge in [0.15, 0.2) is 0 Å². The van der Waals surface area contributed by atoms with E-state index in [0.29, 0.717) is 6.54 Å². The van der Waals surface area contributed by atoms with Gasteiger partial charge < -0.3 is 5.32 Å². The third-order valence-electron chi connectivity index (χ3n) is 0.889. The van der Waals surface area contributed by atoms with E-state index in [1.54, 1.807) is 0 Å². The summed E-state index contributed by atoms with van der Waals surface area (Å²) >= 11 is 0. The molecule has 0 saturated heterocycles. The van der Waals surface area contributed by atoms with Gasteiger partial charge in [0, 0.05) is 5.92 Å². The minimum atomic E-state index is 0.00736. The fourth-order valence-electron chi connectivity index (χ4n) is 0.342. The predicted octanol–water partition coefficient (Wildman–Crippen LogP) is 0.392. The van der Waals surface area contributed by atoms with Crippen LogP contribution in [-0.4, -0.2) is 12.5 Å². The van der Waals surface area contributed by atoms with Gasteiger partial charge in [-0.2, -0.15) is 0 Å². The van der Waals surface area contributed by atoms with E-state index in [2.05, 4.69) is 11.2 Å². The van der Waals surface area contributed by atoms with Gasteiger partial charge in [-0.25, -0.2) is 0 Å². The first-order valence-corrected chi connectivity index (χ1v) is 2.89. The van der Waals surface area contributed by atoms with Crippen LogP contribution in [-0.2, 0) is 4.79 Å². The molecule has 1 amide bonds. The molecule has 2 nitrogen and oxygen atoms in total. The number of amides is 1. The van der Waals surface area contributed by atoms with Crippen molar-refractivity contribution in [2.45, 2.75) is 13.8 Å². The summed E-state index contributed by atoms with van der Waals surface area (Å²) < 4.78 is 0. The molecule has 0 bridgehead atoms. The Labute approximate surface area is 55.6 Å². The third kappa shape index (κ3) is 3.60. The van der Waals surface area contributed by atoms with Crippen molar-refractivity contribution < 1.29 is 4.79 Å². The zero-order chi connectivity index (χ0) is 7.28. The summed E-state index contributed by atoms with van der Waals surface area (Å²) in [6.07, 6.45) is 4.91. The van der Waals surface area contributed by atoms with Crippen molar-refractivity contribution in [1.29, 1.82) is 0 Å².